The predicted octanol–water partition coefficient (Wildman–Crippen LogP) is -0.345. The number of hydrogen-bond acceptors (Lipinski definition) is 2. The second kappa shape index (κ2) is 14.0. The molecule has 0 atom stereocenters. The zero-order chi connectivity index (χ0) is 24.0. The summed E-state index contributed by atoms with van der Waals surface area (Å²) in [6.45, 7) is 11.2. The quantitative estimate of drug-likeness (QED) is 0.299. The van der Waals surface area contributed by atoms with Crippen molar-refractivity contribution in [3.05, 3.63) is 59.7 Å². The van der Waals surface area contributed by atoms with Crippen LogP contribution in [0.25, 0.3) is 11.1 Å². The first-order chi connectivity index (χ1) is 16.5. The van der Waals surface area contributed by atoms with Gasteiger partial charge in [-0.1, -0.05) is 48.5 Å². The molecule has 0 saturated carbocycles. The third-order valence-electron chi connectivity index (χ3n) is 8.57. The summed E-state index contributed by atoms with van der Waals surface area (Å²) >= 11 is 0. The van der Waals surface area contributed by atoms with Crippen LogP contribution in [0.5, 0.6) is 0 Å². The van der Waals surface area contributed by atoms with Gasteiger partial charge in [-0.25, -0.2) is 4.79 Å². The lowest BCUT2D eigenvalue weighted by atomic mass is 9.99. The normalized spacial score (nSPS) is 18.4. The van der Waals surface area contributed by atoms with Crippen molar-refractivity contribution in [1.29, 1.82) is 0 Å². The van der Waals surface area contributed by atoms with Crippen molar-refractivity contribution >= 4 is 11.7 Å². The highest BCUT2D eigenvalue weighted by molar-refractivity contribution is 5.97. The third kappa shape index (κ3) is 7.15. The molecule has 2 fully saturated rings. The zero-order valence-electron chi connectivity index (χ0n) is 22.0. The second-order valence-electron chi connectivity index (χ2n) is 10.6. The number of likely N-dealkylation sites (tertiary alicyclic amines) is 2. The summed E-state index contributed by atoms with van der Waals surface area (Å²) in [4.78, 5) is 26.1. The average Bonchev–Trinajstić information content (AvgIpc) is 2.90. The molecule has 0 aromatic heterocycles. The highest BCUT2D eigenvalue weighted by atomic mass is 79.9. The number of hydrogen-bond donors (Lipinski definition) is 0. The van der Waals surface area contributed by atoms with Gasteiger partial charge in [-0.3, -0.25) is 9.28 Å². The molecule has 198 valence electrons. The molecule has 2 aromatic rings. The number of halogens is 2. The molecule has 2 saturated heterocycles. The molecule has 1 amide bonds. The van der Waals surface area contributed by atoms with Crippen LogP contribution in [0, 0.1) is 0 Å². The maximum Gasteiger partial charge on any atom is 0.318 e. The maximum atomic E-state index is 13.1. The van der Waals surface area contributed by atoms with Crippen molar-refractivity contribution in [1.82, 2.24) is 0 Å². The van der Waals surface area contributed by atoms with Crippen LogP contribution in [-0.4, -0.2) is 66.5 Å². The van der Waals surface area contributed by atoms with Gasteiger partial charge in [-0.2, -0.15) is 0 Å². The van der Waals surface area contributed by atoms with Crippen molar-refractivity contribution < 1.29 is 52.5 Å². The van der Waals surface area contributed by atoms with Crippen LogP contribution >= 0.6 is 0 Å². The van der Waals surface area contributed by atoms with E-state index in [1.807, 2.05) is 12.1 Å². The smallest absolute Gasteiger partial charge is 0.318 e. The molecular formula is C30H42Br2N2O2. The number of rotatable bonds is 8. The molecule has 36 heavy (non-hydrogen) atoms. The number of amides is 1. The Morgan fingerprint density at radius 3 is 1.67 bits per heavy atom. The second-order valence-corrected chi connectivity index (χ2v) is 10.6. The summed E-state index contributed by atoms with van der Waals surface area (Å²) in [5, 5.41) is 0. The van der Waals surface area contributed by atoms with E-state index in [9.17, 15) is 9.59 Å². The van der Waals surface area contributed by atoms with Crippen molar-refractivity contribution in [2.24, 2.45) is 0 Å². The van der Waals surface area contributed by atoms with E-state index in [2.05, 4.69) is 50.2 Å². The minimum absolute atomic E-state index is 0. The van der Waals surface area contributed by atoms with Crippen molar-refractivity contribution in [3.8, 4) is 11.1 Å². The van der Waals surface area contributed by atoms with Gasteiger partial charge in [0.1, 0.15) is 6.54 Å². The van der Waals surface area contributed by atoms with E-state index in [0.717, 1.165) is 78.8 Å². The summed E-state index contributed by atoms with van der Waals surface area (Å²) in [5.41, 5.74) is 4.14. The van der Waals surface area contributed by atoms with E-state index in [4.69, 9.17) is 0 Å². The molecular weight excluding hydrogens is 580 g/mol. The van der Waals surface area contributed by atoms with Crippen LogP contribution < -0.4 is 34.0 Å². The summed E-state index contributed by atoms with van der Waals surface area (Å²) in [6.07, 6.45) is 7.86. The highest BCUT2D eigenvalue weighted by Crippen LogP contribution is 2.25. The highest BCUT2D eigenvalue weighted by Gasteiger charge is 2.36. The number of carbonyl (C=O) groups excluding carboxylic acids is 2. The molecule has 2 heterocycles. The number of benzene rings is 2. The van der Waals surface area contributed by atoms with E-state index in [-0.39, 0.29) is 39.7 Å². The minimum Gasteiger partial charge on any atom is -1.00 e. The van der Waals surface area contributed by atoms with Gasteiger partial charge < -0.3 is 38.4 Å². The Labute approximate surface area is 238 Å². The lowest BCUT2D eigenvalue weighted by Gasteiger charge is -2.40. The fraction of sp³-hybridized carbons (Fsp3) is 0.533. The Balaban J connectivity index is 0.00000228. The van der Waals surface area contributed by atoms with Crippen LogP contribution in [0.3, 0.4) is 0 Å². The van der Waals surface area contributed by atoms with Crippen molar-refractivity contribution in [3.63, 3.8) is 0 Å². The summed E-state index contributed by atoms with van der Waals surface area (Å²) in [6, 6.07) is 16.5. The van der Waals surface area contributed by atoms with E-state index in [1.54, 1.807) is 0 Å². The van der Waals surface area contributed by atoms with Crippen LogP contribution in [0.4, 0.5) is 0 Å². The predicted molar refractivity (Wildman–Crippen MR) is 139 cm³/mol. The number of quaternary nitrogens is 2. The summed E-state index contributed by atoms with van der Waals surface area (Å²) in [7, 11) is 0. The van der Waals surface area contributed by atoms with Gasteiger partial charge in [-0.05, 0) is 69.1 Å². The van der Waals surface area contributed by atoms with Crippen LogP contribution in [0.1, 0.15) is 68.3 Å². The molecule has 4 nitrogen and oxygen atoms in total. The lowest BCUT2D eigenvalue weighted by molar-refractivity contribution is -0.923. The maximum absolute atomic E-state index is 13.1. The Morgan fingerprint density at radius 2 is 1.17 bits per heavy atom. The van der Waals surface area contributed by atoms with Crippen molar-refractivity contribution in [2.45, 2.75) is 58.8 Å². The zero-order valence-corrected chi connectivity index (χ0v) is 25.2. The molecule has 0 spiro atoms. The van der Waals surface area contributed by atoms with Gasteiger partial charge in [0.15, 0.2) is 0 Å². The van der Waals surface area contributed by atoms with Gasteiger partial charge in [0.2, 0.25) is 5.78 Å². The fourth-order valence-corrected chi connectivity index (χ4v) is 6.03. The monoisotopic (exact) mass is 620 g/mol. The summed E-state index contributed by atoms with van der Waals surface area (Å²) < 4.78 is 1.59. The molecule has 0 unspecified atom stereocenters. The van der Waals surface area contributed by atoms with Gasteiger partial charge in [0.25, 0.3) is 0 Å². The van der Waals surface area contributed by atoms with E-state index in [1.165, 1.54) is 25.7 Å². The molecule has 6 heteroatoms. The SMILES string of the molecule is CC[N+]1(CC(=O)c2ccc(-c3ccc(CC(=O)[N+]4(CC)CCCCC4)cc3)cc2)CCCCC1.[Br-].[Br-]. The molecule has 2 aliphatic heterocycles. The van der Waals surface area contributed by atoms with E-state index in [0.29, 0.717) is 23.4 Å². The van der Waals surface area contributed by atoms with Gasteiger partial charge in [-0.15, -0.1) is 0 Å². The topological polar surface area (TPSA) is 34.1 Å². The molecule has 4 rings (SSSR count). The number of Topliss-reactive ketones (excluding diaryl/α,β-unsaturated/α-hetero) is 1. The summed E-state index contributed by atoms with van der Waals surface area (Å²) in [5.74, 6) is 0.619. The molecule has 2 aromatic carbocycles. The Hall–Kier alpha value is -1.34. The van der Waals surface area contributed by atoms with Gasteiger partial charge in [0, 0.05) is 5.56 Å². The number of likely N-dealkylation sites (N-methyl/N-ethyl adjacent to an activating group) is 2. The van der Waals surface area contributed by atoms with Crippen LogP contribution in [0.15, 0.2) is 48.5 Å². The average molecular weight is 622 g/mol. The Kier molecular flexibility index (Phi) is 12.0. The number of piperidine rings is 2. The first kappa shape index (κ1) is 30.9. The largest absolute Gasteiger partial charge is 1.00 e. The standard InChI is InChI=1S/C30H42N2O2.2BrH/c1-3-31(19-7-5-8-20-31)24-29(33)28-17-15-27(16-18-28)26-13-11-25(12-14-26)23-30(34)32(4-2)21-9-6-10-22-32;;/h11-18H,3-10,19-24H2,1-2H3;2*1H/q+2;;/p-2. The lowest BCUT2D eigenvalue weighted by Crippen LogP contribution is -3.00. The first-order valence-corrected chi connectivity index (χ1v) is 13.5. The number of nitrogens with zero attached hydrogens (tertiary/aromatic N) is 2. The Bertz CT molecular complexity index is 977. The van der Waals surface area contributed by atoms with Crippen LogP contribution in [-0.2, 0) is 11.2 Å². The van der Waals surface area contributed by atoms with E-state index >= 15 is 0 Å². The number of ketones is 1. The first-order valence-electron chi connectivity index (χ1n) is 13.5. The van der Waals surface area contributed by atoms with Crippen molar-refractivity contribution in [2.75, 3.05) is 45.8 Å². The molecule has 0 aliphatic carbocycles. The third-order valence-corrected chi connectivity index (χ3v) is 8.57. The molecule has 0 N–H and O–H groups in total. The molecule has 2 aliphatic rings. The molecule has 0 bridgehead atoms. The van der Waals surface area contributed by atoms with E-state index < -0.39 is 0 Å². The van der Waals surface area contributed by atoms with Gasteiger partial charge >= 0.3 is 5.91 Å². The Morgan fingerprint density at radius 1 is 0.667 bits per heavy atom. The van der Waals surface area contributed by atoms with Crippen LogP contribution in [0.2, 0.25) is 0 Å². The van der Waals surface area contributed by atoms with Gasteiger partial charge in [0.05, 0.1) is 45.7 Å². The fourth-order valence-electron chi connectivity index (χ4n) is 6.03. The molecule has 0 radical (unpaired) electrons. The minimum atomic E-state index is 0. The number of carbonyl (C=O) groups is 2.